The van der Waals surface area contributed by atoms with Crippen molar-refractivity contribution in [3.05, 3.63) is 52.5 Å². The summed E-state index contributed by atoms with van der Waals surface area (Å²) in [4.78, 5) is 24.7. The van der Waals surface area contributed by atoms with E-state index in [0.29, 0.717) is 47.6 Å². The van der Waals surface area contributed by atoms with Gasteiger partial charge in [-0.05, 0) is 72.9 Å². The molecule has 0 aliphatic rings. The number of amides is 2. The molecule has 2 aromatic rings. The predicted molar refractivity (Wildman–Crippen MR) is 137 cm³/mol. The van der Waals surface area contributed by atoms with Crippen LogP contribution in [-0.2, 0) is 4.79 Å². The Hall–Kier alpha value is -2.45. The van der Waals surface area contributed by atoms with E-state index in [4.69, 9.17) is 17.0 Å². The molecular formula is C24H30BrN3O3S. The second-order valence-electron chi connectivity index (χ2n) is 8.30. The van der Waals surface area contributed by atoms with Crippen molar-refractivity contribution in [2.75, 3.05) is 17.2 Å². The van der Waals surface area contributed by atoms with E-state index in [1.165, 1.54) is 0 Å². The highest BCUT2D eigenvalue weighted by Crippen LogP contribution is 2.24. The summed E-state index contributed by atoms with van der Waals surface area (Å²) in [7, 11) is 0. The number of carbonyl (C=O) groups excluding carboxylic acids is 2. The molecule has 172 valence electrons. The van der Waals surface area contributed by atoms with Gasteiger partial charge in [-0.25, -0.2) is 0 Å². The van der Waals surface area contributed by atoms with Crippen LogP contribution >= 0.6 is 28.1 Å². The van der Waals surface area contributed by atoms with E-state index >= 15 is 0 Å². The molecule has 0 bridgehead atoms. The third kappa shape index (κ3) is 8.96. The van der Waals surface area contributed by atoms with Crippen LogP contribution < -0.4 is 20.7 Å². The highest BCUT2D eigenvalue weighted by Gasteiger charge is 2.15. The smallest absolute Gasteiger partial charge is 0.261 e. The molecule has 0 saturated carbocycles. The fourth-order valence-corrected chi connectivity index (χ4v) is 3.33. The van der Waals surface area contributed by atoms with Crippen LogP contribution in [0.4, 0.5) is 11.4 Å². The molecule has 0 heterocycles. The van der Waals surface area contributed by atoms with Gasteiger partial charge >= 0.3 is 0 Å². The lowest BCUT2D eigenvalue weighted by molar-refractivity contribution is -0.116. The molecule has 0 fully saturated rings. The van der Waals surface area contributed by atoms with E-state index in [9.17, 15) is 9.59 Å². The SMILES string of the molecule is CC(C)CCOc1ccc(Br)cc1C(=O)NC(=S)Nc1ccc(NC(=O)CC(C)C)cc1. The molecule has 8 heteroatoms. The molecule has 0 spiro atoms. The molecule has 2 rings (SSSR count). The zero-order valence-corrected chi connectivity index (χ0v) is 21.2. The number of hydrogen-bond acceptors (Lipinski definition) is 4. The fourth-order valence-electron chi connectivity index (χ4n) is 2.76. The Morgan fingerprint density at radius 2 is 1.59 bits per heavy atom. The molecule has 32 heavy (non-hydrogen) atoms. The molecule has 0 atom stereocenters. The van der Waals surface area contributed by atoms with Crippen molar-refractivity contribution in [2.45, 2.75) is 40.5 Å². The highest BCUT2D eigenvalue weighted by molar-refractivity contribution is 9.10. The normalized spacial score (nSPS) is 10.7. The third-order valence-electron chi connectivity index (χ3n) is 4.39. The van der Waals surface area contributed by atoms with Crippen molar-refractivity contribution in [1.82, 2.24) is 5.32 Å². The standard InChI is InChI=1S/C24H30BrN3O3S/c1-15(2)11-12-31-21-10-5-17(25)14-20(21)23(30)28-24(32)27-19-8-6-18(7-9-19)26-22(29)13-16(3)4/h5-10,14-16H,11-13H2,1-4H3,(H,26,29)(H2,27,28,30,32). The predicted octanol–water partition coefficient (Wildman–Crippen LogP) is 5.99. The van der Waals surface area contributed by atoms with Crippen molar-refractivity contribution in [2.24, 2.45) is 11.8 Å². The van der Waals surface area contributed by atoms with Gasteiger partial charge in [0, 0.05) is 22.3 Å². The van der Waals surface area contributed by atoms with Gasteiger partial charge in [0.15, 0.2) is 5.11 Å². The molecule has 2 amide bonds. The maximum absolute atomic E-state index is 12.8. The fraction of sp³-hybridized carbons (Fsp3) is 0.375. The first-order valence-electron chi connectivity index (χ1n) is 10.6. The zero-order valence-electron chi connectivity index (χ0n) is 18.8. The number of benzene rings is 2. The number of halogens is 1. The molecular weight excluding hydrogens is 490 g/mol. The van der Waals surface area contributed by atoms with Crippen molar-refractivity contribution in [3.8, 4) is 5.75 Å². The van der Waals surface area contributed by atoms with Gasteiger partial charge < -0.3 is 15.4 Å². The van der Waals surface area contributed by atoms with Crippen LogP contribution in [0.1, 0.15) is 50.9 Å². The van der Waals surface area contributed by atoms with Crippen LogP contribution in [0, 0.1) is 11.8 Å². The summed E-state index contributed by atoms with van der Waals surface area (Å²) in [5.41, 5.74) is 1.80. The van der Waals surface area contributed by atoms with E-state index in [-0.39, 0.29) is 16.9 Å². The minimum absolute atomic E-state index is 0.0241. The first kappa shape index (κ1) is 25.8. The van der Waals surface area contributed by atoms with Gasteiger partial charge in [0.25, 0.3) is 5.91 Å². The van der Waals surface area contributed by atoms with Crippen molar-refractivity contribution < 1.29 is 14.3 Å². The Balaban J connectivity index is 1.96. The first-order valence-corrected chi connectivity index (χ1v) is 11.8. The zero-order chi connectivity index (χ0) is 23.7. The van der Waals surface area contributed by atoms with Gasteiger partial charge in [0.1, 0.15) is 5.75 Å². The minimum Gasteiger partial charge on any atom is -0.493 e. The molecule has 3 N–H and O–H groups in total. The maximum atomic E-state index is 12.8. The van der Waals surface area contributed by atoms with E-state index < -0.39 is 0 Å². The number of nitrogens with one attached hydrogen (secondary N) is 3. The Morgan fingerprint density at radius 3 is 2.19 bits per heavy atom. The largest absolute Gasteiger partial charge is 0.493 e. The van der Waals surface area contributed by atoms with Gasteiger partial charge in [0.2, 0.25) is 5.91 Å². The summed E-state index contributed by atoms with van der Waals surface area (Å²) in [6.07, 6.45) is 1.36. The van der Waals surface area contributed by atoms with E-state index in [2.05, 4.69) is 45.7 Å². The number of hydrogen-bond donors (Lipinski definition) is 3. The van der Waals surface area contributed by atoms with Gasteiger partial charge in [-0.1, -0.05) is 43.6 Å². The van der Waals surface area contributed by atoms with Gasteiger partial charge in [-0.2, -0.15) is 0 Å². The van der Waals surface area contributed by atoms with Crippen molar-refractivity contribution in [3.63, 3.8) is 0 Å². The van der Waals surface area contributed by atoms with E-state index in [1.807, 2.05) is 19.9 Å². The Bertz CT molecular complexity index is 946. The number of ether oxygens (including phenoxy) is 1. The summed E-state index contributed by atoms with van der Waals surface area (Å²) >= 11 is 8.69. The van der Waals surface area contributed by atoms with Gasteiger partial charge in [-0.3, -0.25) is 14.9 Å². The maximum Gasteiger partial charge on any atom is 0.261 e. The summed E-state index contributed by atoms with van der Waals surface area (Å²) in [6, 6.07) is 12.4. The summed E-state index contributed by atoms with van der Waals surface area (Å²) in [6.45, 7) is 8.76. The number of anilines is 2. The molecule has 0 aromatic heterocycles. The van der Waals surface area contributed by atoms with Crippen LogP contribution in [0.15, 0.2) is 46.9 Å². The van der Waals surface area contributed by atoms with Crippen LogP contribution in [0.25, 0.3) is 0 Å². The lowest BCUT2D eigenvalue weighted by Gasteiger charge is -2.14. The van der Waals surface area contributed by atoms with Crippen LogP contribution in [0.5, 0.6) is 5.75 Å². The van der Waals surface area contributed by atoms with Crippen LogP contribution in [-0.4, -0.2) is 23.5 Å². The average Bonchev–Trinajstić information content (AvgIpc) is 2.69. The molecule has 0 radical (unpaired) electrons. The minimum atomic E-state index is -0.360. The molecule has 0 aliphatic heterocycles. The van der Waals surface area contributed by atoms with Crippen LogP contribution in [0.3, 0.4) is 0 Å². The molecule has 2 aromatic carbocycles. The monoisotopic (exact) mass is 519 g/mol. The quantitative estimate of drug-likeness (QED) is 0.354. The molecule has 0 unspecified atom stereocenters. The lowest BCUT2D eigenvalue weighted by atomic mass is 10.1. The van der Waals surface area contributed by atoms with E-state index in [1.54, 1.807) is 36.4 Å². The summed E-state index contributed by atoms with van der Waals surface area (Å²) < 4.78 is 6.58. The van der Waals surface area contributed by atoms with Gasteiger partial charge in [-0.15, -0.1) is 0 Å². The lowest BCUT2D eigenvalue weighted by Crippen LogP contribution is -2.34. The average molecular weight is 520 g/mol. The number of thiocarbonyl (C=S) groups is 1. The van der Waals surface area contributed by atoms with Crippen molar-refractivity contribution >= 4 is 56.4 Å². The van der Waals surface area contributed by atoms with E-state index in [0.717, 1.165) is 10.9 Å². The van der Waals surface area contributed by atoms with Gasteiger partial charge in [0.05, 0.1) is 12.2 Å². The Morgan fingerprint density at radius 1 is 0.969 bits per heavy atom. The second kappa shape index (κ2) is 12.6. The Labute approximate surface area is 203 Å². The highest BCUT2D eigenvalue weighted by atomic mass is 79.9. The van der Waals surface area contributed by atoms with Crippen LogP contribution in [0.2, 0.25) is 0 Å². The summed E-state index contributed by atoms with van der Waals surface area (Å²) in [5.74, 6) is 0.929. The topological polar surface area (TPSA) is 79.5 Å². The Kier molecular flexibility index (Phi) is 10.1. The number of rotatable bonds is 9. The number of carbonyl (C=O) groups is 2. The summed E-state index contributed by atoms with van der Waals surface area (Å²) in [5, 5.41) is 8.69. The first-order chi connectivity index (χ1) is 15.1. The second-order valence-corrected chi connectivity index (χ2v) is 9.63. The molecule has 6 nitrogen and oxygen atoms in total. The molecule has 0 aliphatic carbocycles. The van der Waals surface area contributed by atoms with Crippen molar-refractivity contribution in [1.29, 1.82) is 0 Å². The third-order valence-corrected chi connectivity index (χ3v) is 5.08. The molecule has 0 saturated heterocycles.